The average molecular weight is 520 g/mol. The molecule has 0 saturated heterocycles. The summed E-state index contributed by atoms with van der Waals surface area (Å²) in [6.07, 6.45) is -0.854. The number of aliphatic hydroxyl groups excluding tert-OH is 3. The number of halogens is 3. The van der Waals surface area contributed by atoms with E-state index in [1.54, 1.807) is 6.92 Å². The van der Waals surface area contributed by atoms with Crippen LogP contribution in [-0.2, 0) is 0 Å². The van der Waals surface area contributed by atoms with Crippen LogP contribution in [-0.4, -0.2) is 24.8 Å². The molecule has 1 rings (SSSR count). The lowest BCUT2D eigenvalue weighted by atomic mass is 9.97. The molecule has 0 radical (unpaired) electrons. The van der Waals surface area contributed by atoms with Gasteiger partial charge in [-0.2, -0.15) is 0 Å². The van der Waals surface area contributed by atoms with Crippen LogP contribution in [0.1, 0.15) is 6.92 Å². The molecule has 6 heteroatoms. The third-order valence-corrected chi connectivity index (χ3v) is 5.08. The van der Waals surface area contributed by atoms with Gasteiger partial charge >= 0.3 is 0 Å². The Bertz CT molecular complexity index is 306. The van der Waals surface area contributed by atoms with E-state index in [2.05, 4.69) is 0 Å². The molecule has 1 aliphatic carbocycles. The summed E-state index contributed by atoms with van der Waals surface area (Å²) in [7, 11) is 0. The molecule has 0 aromatic carbocycles. The van der Waals surface area contributed by atoms with Crippen molar-refractivity contribution in [1.29, 1.82) is 0 Å². The summed E-state index contributed by atoms with van der Waals surface area (Å²) in [5.74, 6) is -0.000503. The van der Waals surface area contributed by atoms with Crippen molar-refractivity contribution in [3.05, 3.63) is 18.7 Å². The zero-order valence-electron chi connectivity index (χ0n) is 6.55. The molecule has 3 nitrogen and oxygen atoms in total. The fourth-order valence-electron chi connectivity index (χ4n) is 0.929. The van der Waals surface area contributed by atoms with Crippen LogP contribution in [0.15, 0.2) is 18.7 Å². The molecule has 0 aliphatic heterocycles. The predicted octanol–water partition coefficient (Wildman–Crippen LogP) is 2.96. The van der Waals surface area contributed by atoms with Gasteiger partial charge in [0, 0.05) is 0 Å². The quantitative estimate of drug-likeness (QED) is 0.341. The Balaban J connectivity index is 3.32. The van der Waals surface area contributed by atoms with Gasteiger partial charge in [-0.3, -0.25) is 0 Å². The van der Waals surface area contributed by atoms with Crippen molar-refractivity contribution < 1.29 is 15.3 Å². The normalized spacial score (nSPS) is 35.6. The highest BCUT2D eigenvalue weighted by molar-refractivity contribution is 14.1. The van der Waals surface area contributed by atoms with E-state index in [0.29, 0.717) is 7.16 Å². The van der Waals surface area contributed by atoms with E-state index in [1.807, 2.05) is 67.8 Å². The van der Waals surface area contributed by atoms with Crippen LogP contribution in [0.25, 0.3) is 0 Å². The Hall–Kier alpha value is 1.23. The maximum atomic E-state index is 9.73. The first-order chi connectivity index (χ1) is 5.80. The molecule has 13 heavy (non-hydrogen) atoms. The number of allylic oxidation sites excluding steroid dienone is 1. The minimum atomic E-state index is -0.854. The van der Waals surface area contributed by atoms with Crippen LogP contribution >= 0.6 is 67.8 Å². The molecule has 0 aromatic heterocycles. The number of hydrogen-bond donors (Lipinski definition) is 3. The van der Waals surface area contributed by atoms with Gasteiger partial charge in [0.2, 0.25) is 0 Å². The van der Waals surface area contributed by atoms with E-state index < -0.39 is 9.53 Å². The van der Waals surface area contributed by atoms with Crippen LogP contribution in [0, 0.1) is 0 Å². The Morgan fingerprint density at radius 2 is 1.77 bits per heavy atom. The molecule has 0 aromatic rings. The van der Waals surface area contributed by atoms with E-state index in [1.165, 1.54) is 0 Å². The maximum Gasteiger partial charge on any atom is 0.144 e. The van der Waals surface area contributed by atoms with Crippen molar-refractivity contribution in [2.75, 3.05) is 0 Å². The molecule has 0 fully saturated rings. The van der Waals surface area contributed by atoms with E-state index >= 15 is 0 Å². The molecule has 74 valence electrons. The van der Waals surface area contributed by atoms with Gasteiger partial charge in [-0.15, -0.1) is 0 Å². The number of alkyl halides is 1. The van der Waals surface area contributed by atoms with Gasteiger partial charge in [-0.1, -0.05) is 22.6 Å². The molecule has 2 atom stereocenters. The summed E-state index contributed by atoms with van der Waals surface area (Å²) < 4.78 is 0.123. The lowest BCUT2D eigenvalue weighted by Gasteiger charge is -2.32. The number of rotatable bonds is 0. The fraction of sp³-hybridized carbons (Fsp3) is 0.429. The average Bonchev–Trinajstić information content (AvgIpc) is 2.09. The summed E-state index contributed by atoms with van der Waals surface area (Å²) in [6, 6.07) is 0. The summed E-state index contributed by atoms with van der Waals surface area (Å²) in [5, 5.41) is 28.9. The second-order valence-electron chi connectivity index (χ2n) is 2.84. The molecule has 2 unspecified atom stereocenters. The van der Waals surface area contributed by atoms with E-state index in [-0.39, 0.29) is 11.5 Å². The second kappa shape index (κ2) is 4.00. The molecular formula is C7H7I3O3. The van der Waals surface area contributed by atoms with Crippen LogP contribution in [0.3, 0.4) is 0 Å². The highest BCUT2D eigenvalue weighted by Gasteiger charge is 2.43. The summed E-state index contributed by atoms with van der Waals surface area (Å²) >= 11 is 5.71. The van der Waals surface area contributed by atoms with Crippen molar-refractivity contribution in [2.45, 2.75) is 16.4 Å². The molecule has 0 saturated carbocycles. The van der Waals surface area contributed by atoms with E-state index in [9.17, 15) is 15.3 Å². The molecule has 0 bridgehead atoms. The Labute approximate surface area is 117 Å². The maximum absolute atomic E-state index is 9.73. The Morgan fingerprint density at radius 3 is 2.23 bits per heavy atom. The minimum absolute atomic E-state index is 0.0270. The molecular weight excluding hydrogens is 513 g/mol. The van der Waals surface area contributed by atoms with Crippen molar-refractivity contribution in [1.82, 2.24) is 0 Å². The number of hydrogen-bond acceptors (Lipinski definition) is 3. The molecule has 0 amide bonds. The van der Waals surface area contributed by atoms with Gasteiger partial charge < -0.3 is 15.3 Å². The molecule has 0 heterocycles. The van der Waals surface area contributed by atoms with Crippen LogP contribution in [0.2, 0.25) is 0 Å². The van der Waals surface area contributed by atoms with Gasteiger partial charge in [0.05, 0.1) is 7.16 Å². The highest BCUT2D eigenvalue weighted by atomic mass is 127. The first-order valence-corrected chi connectivity index (χ1v) is 6.59. The smallest absolute Gasteiger partial charge is 0.144 e. The monoisotopic (exact) mass is 520 g/mol. The van der Waals surface area contributed by atoms with Gasteiger partial charge in [-0.25, -0.2) is 0 Å². The zero-order chi connectivity index (χ0) is 10.4. The standard InChI is InChI=1S/C7H7I3O3/c1-7(10)5(12)2(8)4(11)3(9)6(7)13/h5,11-13H,1H3. The third kappa shape index (κ3) is 1.95. The topological polar surface area (TPSA) is 60.7 Å². The predicted molar refractivity (Wildman–Crippen MR) is 75.8 cm³/mol. The van der Waals surface area contributed by atoms with Gasteiger partial charge in [0.15, 0.2) is 0 Å². The fourth-order valence-corrected chi connectivity index (χ4v) is 4.88. The highest BCUT2D eigenvalue weighted by Crippen LogP contribution is 2.45. The zero-order valence-corrected chi connectivity index (χ0v) is 13.0. The van der Waals surface area contributed by atoms with Crippen molar-refractivity contribution >= 4 is 67.8 Å². The van der Waals surface area contributed by atoms with Crippen molar-refractivity contribution in [3.63, 3.8) is 0 Å². The molecule has 0 spiro atoms. The summed E-state index contributed by atoms with van der Waals surface area (Å²) in [4.78, 5) is 0. The summed E-state index contributed by atoms with van der Waals surface area (Å²) in [5.41, 5.74) is 0. The first kappa shape index (κ1) is 12.3. The van der Waals surface area contributed by atoms with Crippen molar-refractivity contribution in [2.24, 2.45) is 0 Å². The van der Waals surface area contributed by atoms with Crippen molar-refractivity contribution in [3.8, 4) is 0 Å². The van der Waals surface area contributed by atoms with E-state index in [0.717, 1.165) is 0 Å². The first-order valence-electron chi connectivity index (χ1n) is 3.35. The summed E-state index contributed by atoms with van der Waals surface area (Å²) in [6.45, 7) is 1.72. The van der Waals surface area contributed by atoms with E-state index in [4.69, 9.17) is 0 Å². The largest absolute Gasteiger partial charge is 0.510 e. The van der Waals surface area contributed by atoms with Crippen LogP contribution in [0.5, 0.6) is 0 Å². The number of aliphatic hydroxyl groups is 3. The van der Waals surface area contributed by atoms with Gasteiger partial charge in [0.1, 0.15) is 21.0 Å². The second-order valence-corrected chi connectivity index (χ2v) is 7.32. The minimum Gasteiger partial charge on any atom is -0.510 e. The van der Waals surface area contributed by atoms with Gasteiger partial charge in [0.25, 0.3) is 0 Å². The lowest BCUT2D eigenvalue weighted by Crippen LogP contribution is -2.39. The molecule has 3 N–H and O–H groups in total. The third-order valence-electron chi connectivity index (χ3n) is 1.86. The van der Waals surface area contributed by atoms with Gasteiger partial charge in [-0.05, 0) is 52.1 Å². The van der Waals surface area contributed by atoms with Crippen LogP contribution < -0.4 is 0 Å². The van der Waals surface area contributed by atoms with Crippen LogP contribution in [0.4, 0.5) is 0 Å². The lowest BCUT2D eigenvalue weighted by molar-refractivity contribution is 0.165. The Morgan fingerprint density at radius 1 is 1.31 bits per heavy atom. The Kier molecular flexibility index (Phi) is 3.79. The SMILES string of the molecule is CC1(I)C(O)=C(I)C(O)=C(I)C1O. The molecule has 1 aliphatic rings.